The number of piperazine rings is 2. The lowest BCUT2D eigenvalue weighted by molar-refractivity contribution is -0.119. The predicted molar refractivity (Wildman–Crippen MR) is 432 cm³/mol. The minimum atomic E-state index is -0.983. The van der Waals surface area contributed by atoms with E-state index in [1.165, 1.54) is 38.1 Å². The minimum absolute atomic E-state index is 0.0217. The summed E-state index contributed by atoms with van der Waals surface area (Å²) in [5, 5.41) is 40.7. The average Bonchev–Trinajstić information content (AvgIpc) is 1.64. The van der Waals surface area contributed by atoms with E-state index in [2.05, 4.69) is 92.4 Å². The molecule has 15 rings (SSSR count). The number of rotatable bonds is 21. The molecular formula is C81H89ClF5N25O3. The molecule has 3 aliphatic heterocycles. The van der Waals surface area contributed by atoms with Gasteiger partial charge >= 0.3 is 0 Å². The van der Waals surface area contributed by atoms with Crippen molar-refractivity contribution >= 4 is 86.9 Å². The van der Waals surface area contributed by atoms with Crippen LogP contribution < -0.4 is 47.0 Å². The van der Waals surface area contributed by atoms with Crippen LogP contribution in [-0.2, 0) is 20.8 Å². The number of aromatic nitrogens is 16. The Hall–Kier alpha value is -12.5. The maximum absolute atomic E-state index is 14.3. The summed E-state index contributed by atoms with van der Waals surface area (Å²) in [5.74, 6) is 2.16. The van der Waals surface area contributed by atoms with Gasteiger partial charge in [0.25, 0.3) is 17.8 Å². The average molecular weight is 1590 g/mol. The van der Waals surface area contributed by atoms with E-state index in [1.54, 1.807) is 82.8 Å². The number of carbonyl (C=O) groups is 3. The first-order chi connectivity index (χ1) is 54.8. The largest absolute Gasteiger partial charge is 0.360 e. The van der Waals surface area contributed by atoms with E-state index in [9.17, 15) is 36.3 Å². The van der Waals surface area contributed by atoms with Gasteiger partial charge in [-0.25, -0.2) is 45.7 Å². The molecule has 8 aromatic heterocycles. The Morgan fingerprint density at radius 2 is 1.01 bits per heavy atom. The second kappa shape index (κ2) is 35.7. The number of Topliss-reactive ketones (excluding diaryl/α,β-unsaturated/α-hetero) is 3. The number of nitrogens with one attached hydrogen (secondary N) is 7. The molecule has 0 radical (unpaired) electrons. The molecule has 0 amide bonds. The predicted octanol–water partition coefficient (Wildman–Crippen LogP) is 13.3. The number of benzene rings is 4. The van der Waals surface area contributed by atoms with Crippen molar-refractivity contribution in [3.63, 3.8) is 0 Å². The number of aryl methyl sites for hydroxylation is 9. The first-order valence-corrected chi connectivity index (χ1v) is 37.6. The van der Waals surface area contributed by atoms with Gasteiger partial charge in [0.05, 0.1) is 46.6 Å². The van der Waals surface area contributed by atoms with Crippen LogP contribution in [0.4, 0.5) is 79.9 Å². The molecule has 598 valence electrons. The first-order valence-electron chi connectivity index (χ1n) is 37.2. The standard InChI is InChI=1S/C22H24F2N6O.C21H24FN7.C19H21ClN6O.C19H20F2N6O/c1-13-8-14(2)30(28-13)22-26-18(9-16-4-5-17(23)10-19(16)24)11-21(27-22)29-7-6-25-20(12-29)15(3)31;1-12-4-5-15(8-18(12)22)24-19-9-20(28-11-16-7-17(28)10-23-16)26-21(25-19)29-14(3)6-13(2)27-29;1-11-9-12(2)26(25-11)19-23-17(21-13(3)14(4)27)10-18(24-19)22-16-7-5-15(20)6-8-16;1-10-7-11(2)27(26-10)18-9-17(22-12(3)13(4)28)24-19(25-18)23-14-5-6-15(20)16(21)8-14/h4-5,8,10-11,20,25H,6-7,9,12H2,1-3H3;4-6,8-9,16-17,23H,7,10-11H2,1-3H3,(H,24,25,26);5-10,13H,1-4H3,(H2,21,22,23,24);5-9,12H,1-4H3,(H2,22,23,24,25)/t;16-,17-;;/m.1../s1. The summed E-state index contributed by atoms with van der Waals surface area (Å²) in [6.07, 6.45) is 1.31. The van der Waals surface area contributed by atoms with Crippen LogP contribution in [0.5, 0.6) is 0 Å². The van der Waals surface area contributed by atoms with Gasteiger partial charge in [0, 0.05) is 132 Å². The van der Waals surface area contributed by atoms with E-state index in [0.717, 1.165) is 94.8 Å². The van der Waals surface area contributed by atoms with Crippen LogP contribution in [0.2, 0.25) is 5.02 Å². The van der Waals surface area contributed by atoms with Crippen LogP contribution in [-0.4, -0.2) is 159 Å². The van der Waals surface area contributed by atoms with Gasteiger partial charge < -0.3 is 47.0 Å². The second-order valence-electron chi connectivity index (χ2n) is 28.7. The molecule has 7 N–H and O–H groups in total. The number of carbonyl (C=O) groups excluding carboxylic acids is 3. The molecular weight excluding hydrogens is 1500 g/mol. The molecule has 3 fully saturated rings. The van der Waals surface area contributed by atoms with Gasteiger partial charge in [0.1, 0.15) is 58.1 Å². The lowest BCUT2D eigenvalue weighted by atomic mass is 10.1. The zero-order valence-corrected chi connectivity index (χ0v) is 66.8. The minimum Gasteiger partial charge on any atom is -0.360 e. The molecule has 3 unspecified atom stereocenters. The van der Waals surface area contributed by atoms with Crippen molar-refractivity contribution in [1.82, 2.24) is 89.6 Å². The van der Waals surface area contributed by atoms with E-state index in [0.29, 0.717) is 112 Å². The zero-order valence-electron chi connectivity index (χ0n) is 66.0. The first kappa shape index (κ1) is 82.0. The number of anilines is 10. The summed E-state index contributed by atoms with van der Waals surface area (Å²) >= 11 is 5.94. The van der Waals surface area contributed by atoms with Crippen molar-refractivity contribution < 1.29 is 36.3 Å². The van der Waals surface area contributed by atoms with Gasteiger partial charge in [-0.1, -0.05) is 23.7 Å². The summed E-state index contributed by atoms with van der Waals surface area (Å²) in [6.45, 7) is 28.8. The van der Waals surface area contributed by atoms with Gasteiger partial charge in [-0.3, -0.25) is 14.4 Å². The highest BCUT2D eigenvalue weighted by Gasteiger charge is 2.39. The Morgan fingerprint density at radius 1 is 0.487 bits per heavy atom. The fourth-order valence-corrected chi connectivity index (χ4v) is 13.1. The summed E-state index contributed by atoms with van der Waals surface area (Å²) in [5.41, 5.74) is 10.4. The van der Waals surface area contributed by atoms with Gasteiger partial charge in [0.2, 0.25) is 5.95 Å². The lowest BCUT2D eigenvalue weighted by Gasteiger charge is -2.33. The summed E-state index contributed by atoms with van der Waals surface area (Å²) in [7, 11) is 0. The highest BCUT2D eigenvalue weighted by Crippen LogP contribution is 2.33. The molecule has 5 atom stereocenters. The number of halogens is 6. The number of hydrogen-bond acceptors (Lipinski definition) is 24. The molecule has 3 aliphatic rings. The Bertz CT molecular complexity index is 5560. The van der Waals surface area contributed by atoms with Crippen LogP contribution in [0.3, 0.4) is 0 Å². The van der Waals surface area contributed by atoms with Gasteiger partial charge in [-0.2, -0.15) is 55.3 Å². The number of ketones is 3. The third-order valence-corrected chi connectivity index (χ3v) is 19.4. The van der Waals surface area contributed by atoms with Crippen molar-refractivity contribution in [3.8, 4) is 23.7 Å². The fraction of sp³-hybridized carbons (Fsp3) is 0.321. The summed E-state index contributed by atoms with van der Waals surface area (Å²) in [4.78, 5) is 76.1. The molecule has 115 heavy (non-hydrogen) atoms. The third kappa shape index (κ3) is 20.9. The fourth-order valence-electron chi connectivity index (χ4n) is 13.0. The molecule has 28 nitrogen and oxygen atoms in total. The second-order valence-corrected chi connectivity index (χ2v) is 29.1. The van der Waals surface area contributed by atoms with E-state index in [4.69, 9.17) is 21.6 Å². The molecule has 0 aliphatic carbocycles. The lowest BCUT2D eigenvalue weighted by Crippen LogP contribution is -2.54. The van der Waals surface area contributed by atoms with E-state index >= 15 is 0 Å². The molecule has 11 heterocycles. The van der Waals surface area contributed by atoms with Crippen molar-refractivity contribution in [2.75, 3.05) is 69.1 Å². The molecule has 34 heteroatoms. The zero-order chi connectivity index (χ0) is 82.2. The van der Waals surface area contributed by atoms with E-state index in [-0.39, 0.29) is 53.3 Å². The van der Waals surface area contributed by atoms with E-state index < -0.39 is 29.3 Å². The smallest absolute Gasteiger partial charge is 0.254 e. The Kier molecular flexibility index (Phi) is 25.4. The highest BCUT2D eigenvalue weighted by atomic mass is 35.5. The molecule has 0 saturated carbocycles. The monoisotopic (exact) mass is 1590 g/mol. The molecule has 4 aromatic carbocycles. The molecule has 0 spiro atoms. The molecule has 2 bridgehead atoms. The number of nitrogens with zero attached hydrogens (tertiary/aromatic N) is 18. The Morgan fingerprint density at radius 3 is 1.56 bits per heavy atom. The van der Waals surface area contributed by atoms with Crippen LogP contribution in [0, 0.1) is 91.4 Å². The van der Waals surface area contributed by atoms with Crippen molar-refractivity contribution in [3.05, 3.63) is 224 Å². The van der Waals surface area contributed by atoms with Gasteiger partial charge in [-0.05, 0) is 193 Å². The SMILES string of the molecule is CC(=O)C(C)Nc1cc(-n2nc(C)cc2C)nc(Nc2ccc(F)c(F)c2)n1.CC(=O)C(C)Nc1cc(Nc2ccc(Cl)cc2)nc(-n2nc(C)cc2C)n1.CC(=O)C1CN(c2cc(Cc3ccc(F)cc3F)nc(-n3nc(C)cc3C)n2)CCN1.Cc1cc(C)n(-c2nc(Nc3ccc(C)c(F)c3)cc(N3C[C@H]4C[C@@H]3CN4)n2)n1. The topological polar surface area (TPSA) is 316 Å². The maximum Gasteiger partial charge on any atom is 0.254 e. The van der Waals surface area contributed by atoms with Gasteiger partial charge in [-0.15, -0.1) is 0 Å². The highest BCUT2D eigenvalue weighted by molar-refractivity contribution is 6.30. The summed E-state index contributed by atoms with van der Waals surface area (Å²) < 4.78 is 75.0. The van der Waals surface area contributed by atoms with Crippen molar-refractivity contribution in [2.45, 2.75) is 140 Å². The van der Waals surface area contributed by atoms with Gasteiger partial charge in [0.15, 0.2) is 29.0 Å². The molecule has 3 saturated heterocycles. The van der Waals surface area contributed by atoms with Crippen LogP contribution in [0.25, 0.3) is 23.7 Å². The quantitative estimate of drug-likeness (QED) is 0.0329. The maximum atomic E-state index is 14.3. The number of fused-ring (bicyclic) bond motifs is 2. The third-order valence-electron chi connectivity index (χ3n) is 19.1. The Balaban J connectivity index is 0.000000142. The normalized spacial score (nSPS) is 15.3. The van der Waals surface area contributed by atoms with Crippen molar-refractivity contribution in [2.24, 2.45) is 0 Å². The Labute approximate surface area is 666 Å². The van der Waals surface area contributed by atoms with Crippen molar-refractivity contribution in [1.29, 1.82) is 0 Å². The summed E-state index contributed by atoms with van der Waals surface area (Å²) in [6, 6.07) is 34.1. The van der Waals surface area contributed by atoms with Crippen LogP contribution >= 0.6 is 11.6 Å². The van der Waals surface area contributed by atoms with Crippen LogP contribution in [0.1, 0.15) is 103 Å². The number of hydrogen-bond donors (Lipinski definition) is 7. The van der Waals surface area contributed by atoms with E-state index in [1.807, 2.05) is 109 Å². The van der Waals surface area contributed by atoms with Crippen LogP contribution in [0.15, 0.2) is 127 Å². The molecule has 12 aromatic rings.